The summed E-state index contributed by atoms with van der Waals surface area (Å²) >= 11 is 0. The fourth-order valence-electron chi connectivity index (χ4n) is 2.13. The molecule has 0 spiro atoms. The molecule has 0 bridgehead atoms. The van der Waals surface area contributed by atoms with E-state index in [0.717, 1.165) is 25.7 Å². The van der Waals surface area contributed by atoms with Crippen molar-refractivity contribution in [3.05, 3.63) is 0 Å². The third-order valence-electron chi connectivity index (χ3n) is 3.04. The second-order valence-corrected chi connectivity index (χ2v) is 6.16. The molecule has 0 heterocycles. The van der Waals surface area contributed by atoms with Crippen molar-refractivity contribution in [2.45, 2.75) is 77.0 Å². The SMILES string of the molecule is CC(C)(C)OC(=O)CCC(=O)NC1CCC(O)CC1. The quantitative estimate of drug-likeness (QED) is 0.760. The van der Waals surface area contributed by atoms with Crippen molar-refractivity contribution >= 4 is 11.9 Å². The predicted octanol–water partition coefficient (Wildman–Crippen LogP) is 1.53. The number of carbonyl (C=O) groups is 2. The fourth-order valence-corrected chi connectivity index (χ4v) is 2.13. The van der Waals surface area contributed by atoms with Crippen LogP contribution < -0.4 is 5.32 Å². The van der Waals surface area contributed by atoms with Gasteiger partial charge in [-0.3, -0.25) is 9.59 Å². The lowest BCUT2D eigenvalue weighted by Crippen LogP contribution is -2.38. The van der Waals surface area contributed by atoms with Gasteiger partial charge in [-0.05, 0) is 46.5 Å². The van der Waals surface area contributed by atoms with Crippen LogP contribution in [0.3, 0.4) is 0 Å². The van der Waals surface area contributed by atoms with Crippen molar-refractivity contribution in [1.29, 1.82) is 0 Å². The molecule has 1 amide bonds. The minimum atomic E-state index is -0.507. The van der Waals surface area contributed by atoms with E-state index in [9.17, 15) is 14.7 Å². The molecule has 0 aromatic rings. The lowest BCUT2D eigenvalue weighted by atomic mass is 9.93. The largest absolute Gasteiger partial charge is 0.460 e. The van der Waals surface area contributed by atoms with Crippen LogP contribution in [0.2, 0.25) is 0 Å². The number of aliphatic hydroxyl groups is 1. The summed E-state index contributed by atoms with van der Waals surface area (Å²) in [7, 11) is 0. The monoisotopic (exact) mass is 271 g/mol. The molecule has 5 nitrogen and oxygen atoms in total. The van der Waals surface area contributed by atoms with Crippen LogP contribution in [0.4, 0.5) is 0 Å². The first kappa shape index (κ1) is 16.0. The van der Waals surface area contributed by atoms with Gasteiger partial charge in [-0.2, -0.15) is 0 Å². The molecule has 1 saturated carbocycles. The van der Waals surface area contributed by atoms with E-state index in [0.29, 0.717) is 0 Å². The number of ether oxygens (including phenoxy) is 1. The van der Waals surface area contributed by atoms with E-state index in [1.54, 1.807) is 20.8 Å². The molecule has 0 radical (unpaired) electrons. The van der Waals surface area contributed by atoms with Crippen LogP contribution in [0.15, 0.2) is 0 Å². The first-order valence-corrected chi connectivity index (χ1v) is 6.95. The normalized spacial score (nSPS) is 23.8. The highest BCUT2D eigenvalue weighted by molar-refractivity contribution is 5.81. The number of rotatable bonds is 4. The Hall–Kier alpha value is -1.10. The molecule has 0 saturated heterocycles. The van der Waals surface area contributed by atoms with Crippen molar-refractivity contribution < 1.29 is 19.4 Å². The molecule has 0 aliphatic heterocycles. The minimum Gasteiger partial charge on any atom is -0.460 e. The number of carbonyl (C=O) groups excluding carboxylic acids is 2. The maximum absolute atomic E-state index is 11.7. The van der Waals surface area contributed by atoms with E-state index >= 15 is 0 Å². The van der Waals surface area contributed by atoms with Crippen molar-refractivity contribution in [1.82, 2.24) is 5.32 Å². The molecule has 0 aromatic carbocycles. The topological polar surface area (TPSA) is 75.6 Å². The molecule has 5 heteroatoms. The standard InChI is InChI=1S/C14H25NO4/c1-14(2,3)19-13(18)9-8-12(17)15-10-4-6-11(16)7-5-10/h10-11,16H,4-9H2,1-3H3,(H,15,17). The maximum Gasteiger partial charge on any atom is 0.306 e. The highest BCUT2D eigenvalue weighted by Gasteiger charge is 2.21. The summed E-state index contributed by atoms with van der Waals surface area (Å²) in [6, 6.07) is 0.134. The van der Waals surface area contributed by atoms with Crippen molar-refractivity contribution in [2.24, 2.45) is 0 Å². The Labute approximate surface area is 114 Å². The summed E-state index contributed by atoms with van der Waals surface area (Å²) in [6.45, 7) is 5.41. The predicted molar refractivity (Wildman–Crippen MR) is 71.5 cm³/mol. The van der Waals surface area contributed by atoms with E-state index in [-0.39, 0.29) is 36.9 Å². The lowest BCUT2D eigenvalue weighted by molar-refractivity contribution is -0.155. The molecule has 19 heavy (non-hydrogen) atoms. The summed E-state index contributed by atoms with van der Waals surface area (Å²) in [6.07, 6.45) is 3.12. The number of amides is 1. The Morgan fingerprint density at radius 2 is 1.74 bits per heavy atom. The smallest absolute Gasteiger partial charge is 0.306 e. The molecule has 1 fully saturated rings. The zero-order valence-electron chi connectivity index (χ0n) is 12.1. The van der Waals surface area contributed by atoms with Gasteiger partial charge in [0.05, 0.1) is 12.5 Å². The van der Waals surface area contributed by atoms with Gasteiger partial charge in [0.25, 0.3) is 0 Å². The Balaban J connectivity index is 2.19. The van der Waals surface area contributed by atoms with Crippen molar-refractivity contribution in [3.63, 3.8) is 0 Å². The highest BCUT2D eigenvalue weighted by Crippen LogP contribution is 2.18. The maximum atomic E-state index is 11.7. The van der Waals surface area contributed by atoms with E-state index in [1.807, 2.05) is 0 Å². The number of nitrogens with one attached hydrogen (secondary N) is 1. The Morgan fingerprint density at radius 1 is 1.16 bits per heavy atom. The second kappa shape index (κ2) is 6.89. The van der Waals surface area contributed by atoms with Gasteiger partial charge in [0.15, 0.2) is 0 Å². The van der Waals surface area contributed by atoms with Gasteiger partial charge in [-0.15, -0.1) is 0 Å². The molecular formula is C14H25NO4. The van der Waals surface area contributed by atoms with Crippen LogP contribution >= 0.6 is 0 Å². The van der Waals surface area contributed by atoms with E-state index in [1.165, 1.54) is 0 Å². The molecule has 0 unspecified atom stereocenters. The van der Waals surface area contributed by atoms with Crippen LogP contribution in [-0.2, 0) is 14.3 Å². The van der Waals surface area contributed by atoms with Crippen LogP contribution in [0.1, 0.15) is 59.3 Å². The molecule has 0 atom stereocenters. The summed E-state index contributed by atoms with van der Waals surface area (Å²) in [5.74, 6) is -0.464. The zero-order chi connectivity index (χ0) is 14.5. The van der Waals surface area contributed by atoms with Crippen LogP contribution in [0.25, 0.3) is 0 Å². The molecule has 0 aromatic heterocycles. The third-order valence-corrected chi connectivity index (χ3v) is 3.04. The van der Waals surface area contributed by atoms with Crippen LogP contribution in [-0.4, -0.2) is 34.7 Å². The summed E-state index contributed by atoms with van der Waals surface area (Å²) in [5, 5.41) is 12.3. The Kier molecular flexibility index (Phi) is 5.79. The van der Waals surface area contributed by atoms with E-state index in [2.05, 4.69) is 5.32 Å². The number of esters is 1. The first-order valence-electron chi connectivity index (χ1n) is 6.95. The molecule has 1 rings (SSSR count). The average molecular weight is 271 g/mol. The third kappa shape index (κ3) is 7.15. The fraction of sp³-hybridized carbons (Fsp3) is 0.857. The molecule has 1 aliphatic rings. The molecule has 110 valence electrons. The summed E-state index contributed by atoms with van der Waals surface area (Å²) < 4.78 is 5.14. The van der Waals surface area contributed by atoms with Gasteiger partial charge in [0.1, 0.15) is 5.60 Å². The average Bonchev–Trinajstić information content (AvgIpc) is 2.27. The lowest BCUT2D eigenvalue weighted by Gasteiger charge is -2.26. The van der Waals surface area contributed by atoms with Crippen LogP contribution in [0.5, 0.6) is 0 Å². The van der Waals surface area contributed by atoms with E-state index < -0.39 is 5.60 Å². The van der Waals surface area contributed by atoms with Gasteiger partial charge in [-0.25, -0.2) is 0 Å². The highest BCUT2D eigenvalue weighted by atomic mass is 16.6. The van der Waals surface area contributed by atoms with Gasteiger partial charge in [-0.1, -0.05) is 0 Å². The van der Waals surface area contributed by atoms with Crippen LogP contribution in [0, 0.1) is 0 Å². The van der Waals surface area contributed by atoms with Gasteiger partial charge >= 0.3 is 5.97 Å². The van der Waals surface area contributed by atoms with Gasteiger partial charge in [0, 0.05) is 12.5 Å². The molecule has 2 N–H and O–H groups in total. The Morgan fingerprint density at radius 3 is 2.26 bits per heavy atom. The van der Waals surface area contributed by atoms with Gasteiger partial charge < -0.3 is 15.2 Å². The van der Waals surface area contributed by atoms with Crippen molar-refractivity contribution in [3.8, 4) is 0 Å². The summed E-state index contributed by atoms with van der Waals surface area (Å²) in [5.41, 5.74) is -0.507. The number of aliphatic hydroxyl groups excluding tert-OH is 1. The summed E-state index contributed by atoms with van der Waals surface area (Å²) in [4.78, 5) is 23.1. The Bertz CT molecular complexity index is 314. The van der Waals surface area contributed by atoms with Gasteiger partial charge in [0.2, 0.25) is 5.91 Å². The number of hydrogen-bond acceptors (Lipinski definition) is 4. The first-order chi connectivity index (χ1) is 8.76. The second-order valence-electron chi connectivity index (χ2n) is 6.16. The van der Waals surface area contributed by atoms with E-state index in [4.69, 9.17) is 4.74 Å². The number of hydrogen-bond donors (Lipinski definition) is 2. The zero-order valence-corrected chi connectivity index (χ0v) is 12.1. The minimum absolute atomic E-state index is 0.110. The molecular weight excluding hydrogens is 246 g/mol. The van der Waals surface area contributed by atoms with Crippen molar-refractivity contribution in [2.75, 3.05) is 0 Å². The molecule has 1 aliphatic carbocycles.